The van der Waals surface area contributed by atoms with E-state index in [-0.39, 0.29) is 57.8 Å². The molecule has 8 heteroatoms. The number of hydrogen-bond donors (Lipinski definition) is 3. The van der Waals surface area contributed by atoms with Crippen LogP contribution < -0.4 is 56.5 Å². The van der Waals surface area contributed by atoms with Crippen LogP contribution in [0.15, 0.2) is 0 Å². The van der Waals surface area contributed by atoms with Gasteiger partial charge in [0.15, 0.2) is 0 Å². The largest absolute Gasteiger partial charge is 1.00 e. The summed E-state index contributed by atoms with van der Waals surface area (Å²) in [7, 11) is 0. The zero-order valence-corrected chi connectivity index (χ0v) is 10.0. The van der Waals surface area contributed by atoms with Crippen molar-refractivity contribution in [3.8, 4) is 0 Å². The van der Waals surface area contributed by atoms with Crippen molar-refractivity contribution in [2.45, 2.75) is 12.8 Å². The molecule has 0 aliphatic heterocycles. The molecule has 0 fully saturated rings. The molecule has 0 aliphatic rings. The van der Waals surface area contributed by atoms with E-state index in [1.807, 2.05) is 0 Å². The molecule has 0 amide bonds. The molecule has 3 N–H and O–H groups in total. The molecule has 0 spiro atoms. The normalized spacial score (nSPS) is 7.08. The molecule has 0 saturated heterocycles. The third kappa shape index (κ3) is 48.9. The SMILES string of the molecule is O=C(O)O.O=C([O-])CCC(=O)O.[K+]. The van der Waals surface area contributed by atoms with Crippen LogP contribution in [0.4, 0.5) is 4.79 Å². The van der Waals surface area contributed by atoms with Gasteiger partial charge in [-0.05, 0) is 6.42 Å². The van der Waals surface area contributed by atoms with Gasteiger partial charge in [0.2, 0.25) is 0 Å². The van der Waals surface area contributed by atoms with Crippen molar-refractivity contribution in [3.05, 3.63) is 0 Å². The first-order valence-electron chi connectivity index (χ1n) is 2.69. The van der Waals surface area contributed by atoms with Gasteiger partial charge in [-0.25, -0.2) is 4.79 Å². The number of carboxylic acids is 2. The second kappa shape index (κ2) is 11.8. The van der Waals surface area contributed by atoms with E-state index in [2.05, 4.69) is 0 Å². The zero-order chi connectivity index (χ0) is 10.1. The van der Waals surface area contributed by atoms with E-state index in [0.717, 1.165) is 0 Å². The summed E-state index contributed by atoms with van der Waals surface area (Å²) in [5, 5.41) is 31.3. The number of carbonyl (C=O) groups excluding carboxylic acids is 1. The molecule has 0 heterocycles. The first kappa shape index (κ1) is 18.6. The summed E-state index contributed by atoms with van der Waals surface area (Å²) in [6.45, 7) is 0. The molecule has 0 aromatic rings. The second-order valence-electron chi connectivity index (χ2n) is 1.55. The average Bonchev–Trinajstić information content (AvgIpc) is 1.82. The molecule has 0 atom stereocenters. The molecule has 70 valence electrons. The fourth-order valence-electron chi connectivity index (χ4n) is 0.209. The molecule has 0 radical (unpaired) electrons. The molecule has 0 bridgehead atoms. The van der Waals surface area contributed by atoms with Crippen LogP contribution in [0.5, 0.6) is 0 Å². The van der Waals surface area contributed by atoms with Gasteiger partial charge in [-0.3, -0.25) is 4.79 Å². The molecule has 0 unspecified atom stereocenters. The molecule has 0 aliphatic carbocycles. The van der Waals surface area contributed by atoms with Crippen molar-refractivity contribution in [1.29, 1.82) is 0 Å². The Bertz CT molecular complexity index is 160. The van der Waals surface area contributed by atoms with Gasteiger partial charge in [-0.15, -0.1) is 0 Å². The first-order valence-corrected chi connectivity index (χ1v) is 2.69. The van der Waals surface area contributed by atoms with Crippen molar-refractivity contribution < 1.29 is 86.2 Å². The average molecular weight is 218 g/mol. The maximum Gasteiger partial charge on any atom is 1.00 e. The van der Waals surface area contributed by atoms with Crippen LogP contribution in [0.25, 0.3) is 0 Å². The van der Waals surface area contributed by atoms with Gasteiger partial charge < -0.3 is 25.2 Å². The Balaban J connectivity index is -0.000000173. The zero-order valence-electron chi connectivity index (χ0n) is 6.89. The summed E-state index contributed by atoms with van der Waals surface area (Å²) in [4.78, 5) is 27.7. The van der Waals surface area contributed by atoms with E-state index in [0.29, 0.717) is 0 Å². The number of carbonyl (C=O) groups is 3. The summed E-state index contributed by atoms with van der Waals surface area (Å²) in [6, 6.07) is 0. The topological polar surface area (TPSA) is 135 Å². The van der Waals surface area contributed by atoms with E-state index >= 15 is 0 Å². The molecular formula is C5H7KO7. The summed E-state index contributed by atoms with van der Waals surface area (Å²) < 4.78 is 0. The van der Waals surface area contributed by atoms with Gasteiger partial charge in [0.25, 0.3) is 0 Å². The Morgan fingerprint density at radius 3 is 1.38 bits per heavy atom. The van der Waals surface area contributed by atoms with Crippen molar-refractivity contribution in [2.75, 3.05) is 0 Å². The molecule has 0 aromatic heterocycles. The number of aliphatic carboxylic acids is 2. The molecule has 7 nitrogen and oxygen atoms in total. The van der Waals surface area contributed by atoms with E-state index in [9.17, 15) is 14.7 Å². The maximum absolute atomic E-state index is 9.61. The summed E-state index contributed by atoms with van der Waals surface area (Å²) in [5.74, 6) is -2.44. The molecule has 0 rings (SSSR count). The van der Waals surface area contributed by atoms with E-state index in [1.54, 1.807) is 0 Å². The van der Waals surface area contributed by atoms with E-state index < -0.39 is 24.5 Å². The number of carboxylic acid groups (broad SMARTS) is 4. The van der Waals surface area contributed by atoms with Crippen LogP contribution in [0, 0.1) is 0 Å². The predicted octanol–water partition coefficient (Wildman–Crippen LogP) is -4.17. The third-order valence-corrected chi connectivity index (χ3v) is 0.543. The maximum atomic E-state index is 9.61. The van der Waals surface area contributed by atoms with Crippen molar-refractivity contribution in [2.24, 2.45) is 0 Å². The Hall–Kier alpha value is -0.154. The first-order chi connectivity index (χ1) is 5.36. The van der Waals surface area contributed by atoms with E-state index in [4.69, 9.17) is 20.1 Å². The van der Waals surface area contributed by atoms with Gasteiger partial charge in [-0.1, -0.05) is 0 Å². The Labute approximate surface area is 116 Å². The standard InChI is InChI=1S/C4H6O4.CH2O3.K/c5-3(6)1-2-4(7)8;2-1(3)4;/h1-2H2,(H,5,6)(H,7,8);(H2,2,3,4);/q;;+1/p-1. The summed E-state index contributed by atoms with van der Waals surface area (Å²) >= 11 is 0. The fourth-order valence-corrected chi connectivity index (χ4v) is 0.209. The Morgan fingerprint density at radius 2 is 1.31 bits per heavy atom. The number of hydrogen-bond acceptors (Lipinski definition) is 4. The monoisotopic (exact) mass is 218 g/mol. The van der Waals surface area contributed by atoms with Crippen LogP contribution in [-0.4, -0.2) is 33.4 Å². The van der Waals surface area contributed by atoms with Gasteiger partial charge in [-0.2, -0.15) is 0 Å². The van der Waals surface area contributed by atoms with Crippen LogP contribution in [0.2, 0.25) is 0 Å². The summed E-state index contributed by atoms with van der Waals surface area (Å²) in [6.07, 6.45) is -2.60. The molecular weight excluding hydrogens is 211 g/mol. The fraction of sp³-hybridized carbons (Fsp3) is 0.400. The minimum absolute atomic E-state index is 0. The van der Waals surface area contributed by atoms with Crippen molar-refractivity contribution in [1.82, 2.24) is 0 Å². The Morgan fingerprint density at radius 1 is 1.00 bits per heavy atom. The van der Waals surface area contributed by atoms with Crippen LogP contribution in [0.3, 0.4) is 0 Å². The van der Waals surface area contributed by atoms with Crippen molar-refractivity contribution in [3.63, 3.8) is 0 Å². The quantitative estimate of drug-likeness (QED) is 0.409. The van der Waals surface area contributed by atoms with Gasteiger partial charge in [0.1, 0.15) is 0 Å². The predicted molar refractivity (Wildman–Crippen MR) is 32.5 cm³/mol. The smallest absolute Gasteiger partial charge is 0.550 e. The van der Waals surface area contributed by atoms with Gasteiger partial charge in [0.05, 0.1) is 6.42 Å². The van der Waals surface area contributed by atoms with Gasteiger partial charge in [0, 0.05) is 5.97 Å². The third-order valence-electron chi connectivity index (χ3n) is 0.543. The molecule has 13 heavy (non-hydrogen) atoms. The van der Waals surface area contributed by atoms with Crippen LogP contribution in [-0.2, 0) is 9.59 Å². The second-order valence-corrected chi connectivity index (χ2v) is 1.55. The van der Waals surface area contributed by atoms with E-state index in [1.165, 1.54) is 0 Å². The minimum atomic E-state index is -1.83. The molecule has 0 saturated carbocycles. The number of rotatable bonds is 3. The van der Waals surface area contributed by atoms with Gasteiger partial charge >= 0.3 is 63.5 Å². The Kier molecular flexibility index (Phi) is 16.9. The van der Waals surface area contributed by atoms with Crippen LogP contribution >= 0.6 is 0 Å². The summed E-state index contributed by atoms with van der Waals surface area (Å²) in [5.41, 5.74) is 0. The van der Waals surface area contributed by atoms with Crippen LogP contribution in [0.1, 0.15) is 12.8 Å². The minimum Gasteiger partial charge on any atom is -0.550 e. The van der Waals surface area contributed by atoms with Crippen molar-refractivity contribution >= 4 is 18.1 Å². The molecule has 0 aromatic carbocycles.